The monoisotopic (exact) mass is 715 g/mol. The molecule has 0 fully saturated rings. The minimum absolute atomic E-state index is 0.148. The van der Waals surface area contributed by atoms with Crippen molar-refractivity contribution in [1.82, 2.24) is 14.5 Å². The van der Waals surface area contributed by atoms with Gasteiger partial charge >= 0.3 is 0 Å². The van der Waals surface area contributed by atoms with Gasteiger partial charge in [0.25, 0.3) is 0 Å². The molecule has 0 N–H and O–H groups in total. The predicted octanol–water partition coefficient (Wildman–Crippen LogP) is 13.7. The van der Waals surface area contributed by atoms with Gasteiger partial charge in [0.15, 0.2) is 5.82 Å². The average Bonchev–Trinajstić information content (AvgIpc) is 3.71. The van der Waals surface area contributed by atoms with E-state index in [4.69, 9.17) is 9.97 Å². The first kappa shape index (κ1) is 32.3. The molecule has 0 bridgehead atoms. The Bertz CT molecular complexity index is 3150. The van der Waals surface area contributed by atoms with Crippen molar-refractivity contribution in [1.29, 1.82) is 0 Å². The van der Waals surface area contributed by atoms with E-state index in [1.54, 1.807) is 0 Å². The lowest BCUT2D eigenvalue weighted by atomic mass is 9.81. The molecule has 0 amide bonds. The summed E-state index contributed by atoms with van der Waals surface area (Å²) in [7, 11) is 0. The van der Waals surface area contributed by atoms with E-state index < -0.39 is 0 Å². The van der Waals surface area contributed by atoms with E-state index >= 15 is 0 Å². The number of para-hydroxylation sites is 2. The van der Waals surface area contributed by atoms with Crippen LogP contribution < -0.4 is 0 Å². The van der Waals surface area contributed by atoms with Gasteiger partial charge in [-0.1, -0.05) is 153 Å². The van der Waals surface area contributed by atoms with Gasteiger partial charge < -0.3 is 4.57 Å². The Hall–Kier alpha value is -7.10. The third-order valence-electron chi connectivity index (χ3n) is 11.8. The van der Waals surface area contributed by atoms with E-state index in [1.165, 1.54) is 54.8 Å². The summed E-state index contributed by atoms with van der Waals surface area (Å²) in [6, 6.07) is 67.7. The molecule has 0 radical (unpaired) electrons. The Labute approximate surface area is 326 Å². The van der Waals surface area contributed by atoms with Crippen molar-refractivity contribution >= 4 is 32.6 Å². The quantitative estimate of drug-likeness (QED) is 0.178. The smallest absolute Gasteiger partial charge is 0.160 e. The van der Waals surface area contributed by atoms with E-state index in [0.717, 1.165) is 44.9 Å². The summed E-state index contributed by atoms with van der Waals surface area (Å²) in [5.74, 6) is 0.714. The van der Waals surface area contributed by atoms with Gasteiger partial charge in [-0.25, -0.2) is 9.97 Å². The third kappa shape index (κ3) is 5.05. The van der Waals surface area contributed by atoms with Crippen molar-refractivity contribution in [3.63, 3.8) is 0 Å². The summed E-state index contributed by atoms with van der Waals surface area (Å²) in [4.78, 5) is 10.6. The first-order chi connectivity index (χ1) is 27.5. The van der Waals surface area contributed by atoms with Crippen LogP contribution in [0.2, 0.25) is 0 Å². The molecule has 1 aliphatic rings. The molecule has 264 valence electrons. The lowest BCUT2D eigenvalue weighted by molar-refractivity contribution is 0.661. The number of hydrogen-bond acceptors (Lipinski definition) is 2. The Morgan fingerprint density at radius 1 is 0.411 bits per heavy atom. The number of benzene rings is 8. The molecule has 3 heteroatoms. The standard InChI is InChI=1S/C53H37N3/c1-53(2)45-25-14-24-43(51(45)44-30-36-17-9-10-18-37(36)31-46(44)53)48-33-47(54-52(55-48)34-15-5-3-6-16-34)39-20-13-19-35(29-39)38-27-28-42-41-23-11-12-26-49(41)56(50(42)32-38)40-21-7-4-8-22-40/h3-33H,1-2H3. The summed E-state index contributed by atoms with van der Waals surface area (Å²) >= 11 is 0. The maximum Gasteiger partial charge on any atom is 0.160 e. The summed E-state index contributed by atoms with van der Waals surface area (Å²) in [6.45, 7) is 4.69. The summed E-state index contributed by atoms with van der Waals surface area (Å²) in [6.07, 6.45) is 0. The minimum Gasteiger partial charge on any atom is -0.309 e. The lowest BCUT2D eigenvalue weighted by Gasteiger charge is -2.22. The molecule has 0 saturated heterocycles. The van der Waals surface area contributed by atoms with E-state index in [2.05, 4.69) is 200 Å². The van der Waals surface area contributed by atoms with Crippen molar-refractivity contribution < 1.29 is 0 Å². The maximum absolute atomic E-state index is 5.32. The summed E-state index contributed by atoms with van der Waals surface area (Å²) < 4.78 is 2.38. The third-order valence-corrected chi connectivity index (χ3v) is 11.8. The molecular weight excluding hydrogens is 679 g/mol. The minimum atomic E-state index is -0.148. The molecule has 56 heavy (non-hydrogen) atoms. The predicted molar refractivity (Wildman–Crippen MR) is 233 cm³/mol. The molecular formula is C53H37N3. The zero-order valence-electron chi connectivity index (χ0n) is 31.2. The van der Waals surface area contributed by atoms with Crippen molar-refractivity contribution in [3.8, 4) is 61.8 Å². The maximum atomic E-state index is 5.32. The fraction of sp³-hybridized carbons (Fsp3) is 0.0566. The lowest BCUT2D eigenvalue weighted by Crippen LogP contribution is -2.14. The zero-order chi connectivity index (χ0) is 37.4. The van der Waals surface area contributed by atoms with Gasteiger partial charge in [-0.3, -0.25) is 0 Å². The summed E-state index contributed by atoms with van der Waals surface area (Å²) in [5.41, 5.74) is 15.9. The van der Waals surface area contributed by atoms with Crippen LogP contribution in [0.15, 0.2) is 188 Å². The van der Waals surface area contributed by atoms with Gasteiger partial charge in [0.1, 0.15) is 0 Å². The number of rotatable bonds is 5. The Morgan fingerprint density at radius 2 is 1.05 bits per heavy atom. The van der Waals surface area contributed by atoms with Gasteiger partial charge in [0.2, 0.25) is 0 Å². The molecule has 0 unspecified atom stereocenters. The zero-order valence-corrected chi connectivity index (χ0v) is 31.2. The van der Waals surface area contributed by atoms with Crippen LogP contribution in [-0.4, -0.2) is 14.5 Å². The van der Waals surface area contributed by atoms with Crippen molar-refractivity contribution in [2.24, 2.45) is 0 Å². The number of fused-ring (bicyclic) bond motifs is 7. The van der Waals surface area contributed by atoms with Crippen LogP contribution in [-0.2, 0) is 5.41 Å². The molecule has 11 rings (SSSR count). The van der Waals surface area contributed by atoms with Crippen molar-refractivity contribution in [2.45, 2.75) is 19.3 Å². The van der Waals surface area contributed by atoms with Crippen LogP contribution in [0.25, 0.3) is 94.4 Å². The summed E-state index contributed by atoms with van der Waals surface area (Å²) in [5, 5.41) is 5.01. The molecule has 3 nitrogen and oxygen atoms in total. The fourth-order valence-electron chi connectivity index (χ4n) is 9.00. The molecule has 0 spiro atoms. The largest absolute Gasteiger partial charge is 0.309 e. The fourth-order valence-corrected chi connectivity index (χ4v) is 9.00. The highest BCUT2D eigenvalue weighted by atomic mass is 15.0. The average molecular weight is 716 g/mol. The molecule has 2 aromatic heterocycles. The molecule has 0 aliphatic heterocycles. The Kier molecular flexibility index (Phi) is 7.20. The van der Waals surface area contributed by atoms with Gasteiger partial charge in [-0.2, -0.15) is 0 Å². The number of nitrogens with zero attached hydrogens (tertiary/aromatic N) is 3. The second-order valence-electron chi connectivity index (χ2n) is 15.4. The molecule has 10 aromatic rings. The van der Waals surface area contributed by atoms with E-state index in [0.29, 0.717) is 5.82 Å². The van der Waals surface area contributed by atoms with Crippen LogP contribution in [0, 0.1) is 0 Å². The number of aromatic nitrogens is 3. The van der Waals surface area contributed by atoms with Crippen LogP contribution in [0.1, 0.15) is 25.0 Å². The molecule has 8 aromatic carbocycles. The normalized spacial score (nSPS) is 13.0. The van der Waals surface area contributed by atoms with Gasteiger partial charge in [-0.15, -0.1) is 0 Å². The van der Waals surface area contributed by atoms with Gasteiger partial charge in [0.05, 0.1) is 22.4 Å². The van der Waals surface area contributed by atoms with Gasteiger partial charge in [-0.05, 0) is 92.7 Å². The molecule has 0 saturated carbocycles. The second-order valence-corrected chi connectivity index (χ2v) is 15.4. The Morgan fingerprint density at radius 3 is 1.89 bits per heavy atom. The second kappa shape index (κ2) is 12.5. The van der Waals surface area contributed by atoms with E-state index in [1.807, 2.05) is 6.07 Å². The highest BCUT2D eigenvalue weighted by Crippen LogP contribution is 2.53. The molecule has 0 atom stereocenters. The topological polar surface area (TPSA) is 30.7 Å². The van der Waals surface area contributed by atoms with E-state index in [-0.39, 0.29) is 5.41 Å². The van der Waals surface area contributed by atoms with Crippen LogP contribution in [0.4, 0.5) is 0 Å². The van der Waals surface area contributed by atoms with Crippen molar-refractivity contribution in [2.75, 3.05) is 0 Å². The SMILES string of the molecule is CC1(C)c2cc3ccccc3cc2-c2c(-c3cc(-c4cccc(-c5ccc6c7ccccc7n(-c7ccccc7)c6c5)c4)nc(-c4ccccc4)n3)cccc21. The Balaban J connectivity index is 1.09. The van der Waals surface area contributed by atoms with Crippen molar-refractivity contribution in [3.05, 3.63) is 199 Å². The van der Waals surface area contributed by atoms with Crippen LogP contribution in [0.3, 0.4) is 0 Å². The van der Waals surface area contributed by atoms with Gasteiger partial charge in [0, 0.05) is 38.6 Å². The molecule has 2 heterocycles. The highest BCUT2D eigenvalue weighted by Gasteiger charge is 2.37. The molecule has 1 aliphatic carbocycles. The van der Waals surface area contributed by atoms with Crippen LogP contribution in [0.5, 0.6) is 0 Å². The van der Waals surface area contributed by atoms with E-state index in [9.17, 15) is 0 Å². The first-order valence-electron chi connectivity index (χ1n) is 19.3. The first-order valence-corrected chi connectivity index (χ1v) is 19.3. The van der Waals surface area contributed by atoms with Crippen LogP contribution >= 0.6 is 0 Å². The number of hydrogen-bond donors (Lipinski definition) is 0. The highest BCUT2D eigenvalue weighted by molar-refractivity contribution is 6.10.